The van der Waals surface area contributed by atoms with E-state index in [9.17, 15) is 8.42 Å². The summed E-state index contributed by atoms with van der Waals surface area (Å²) in [5.41, 5.74) is 2.11. The Morgan fingerprint density at radius 1 is 1.30 bits per heavy atom. The highest BCUT2D eigenvalue weighted by molar-refractivity contribution is 9.10. The summed E-state index contributed by atoms with van der Waals surface area (Å²) < 4.78 is 29.4. The van der Waals surface area contributed by atoms with Crippen LogP contribution < -0.4 is 9.88 Å². The number of benzene rings is 2. The second-order valence-electron chi connectivity index (χ2n) is 4.91. The van der Waals surface area contributed by atoms with Crippen LogP contribution in [0.3, 0.4) is 0 Å². The molecule has 3 aromatic rings. The van der Waals surface area contributed by atoms with Gasteiger partial charge in [0.05, 0.1) is 21.5 Å². The van der Waals surface area contributed by atoms with Crippen molar-refractivity contribution in [1.82, 2.24) is 10.2 Å². The number of nitrogens with two attached hydrogens (primary N) is 1. The number of hydrogen-bond acceptors (Lipinski definition) is 4. The predicted octanol–water partition coefficient (Wildman–Crippen LogP) is 3.04. The molecule has 1 aromatic heterocycles. The van der Waals surface area contributed by atoms with Gasteiger partial charge < -0.3 is 4.74 Å². The smallest absolute Gasteiger partial charge is 0.238 e. The van der Waals surface area contributed by atoms with E-state index in [1.165, 1.54) is 12.1 Å². The van der Waals surface area contributed by atoms with Crippen LogP contribution >= 0.6 is 15.9 Å². The zero-order valence-corrected chi connectivity index (χ0v) is 14.6. The minimum Gasteiger partial charge on any atom is -0.493 e. The first-order valence-corrected chi connectivity index (χ1v) is 9.17. The summed E-state index contributed by atoms with van der Waals surface area (Å²) in [7, 11) is -3.76. The van der Waals surface area contributed by atoms with Gasteiger partial charge in [-0.1, -0.05) is 12.1 Å². The monoisotopic (exact) mass is 395 g/mol. The van der Waals surface area contributed by atoms with Crippen molar-refractivity contribution < 1.29 is 13.2 Å². The van der Waals surface area contributed by atoms with Crippen LogP contribution in [-0.2, 0) is 10.0 Å². The SMILES string of the molecule is CCOc1cc2c(-c3cccc(S(N)(=O)=O)c3)n[nH]c2cc1Br. The lowest BCUT2D eigenvalue weighted by Gasteiger charge is -2.06. The first-order valence-electron chi connectivity index (χ1n) is 6.84. The summed E-state index contributed by atoms with van der Waals surface area (Å²) in [6, 6.07) is 10.1. The Morgan fingerprint density at radius 2 is 2.09 bits per heavy atom. The molecular formula is C15H14BrN3O3S. The molecule has 0 saturated heterocycles. The molecular weight excluding hydrogens is 382 g/mol. The lowest BCUT2D eigenvalue weighted by atomic mass is 10.1. The Balaban J connectivity index is 2.19. The highest BCUT2D eigenvalue weighted by atomic mass is 79.9. The molecule has 0 amide bonds. The predicted molar refractivity (Wildman–Crippen MR) is 91.8 cm³/mol. The quantitative estimate of drug-likeness (QED) is 0.708. The minimum atomic E-state index is -3.76. The summed E-state index contributed by atoms with van der Waals surface area (Å²) in [6.45, 7) is 2.45. The maximum Gasteiger partial charge on any atom is 0.238 e. The minimum absolute atomic E-state index is 0.0493. The van der Waals surface area contributed by atoms with E-state index >= 15 is 0 Å². The van der Waals surface area contributed by atoms with Gasteiger partial charge in [-0.05, 0) is 47.1 Å². The Hall–Kier alpha value is -1.90. The zero-order chi connectivity index (χ0) is 16.6. The molecule has 0 aliphatic carbocycles. The normalized spacial score (nSPS) is 11.8. The molecule has 3 N–H and O–H groups in total. The Morgan fingerprint density at radius 3 is 2.78 bits per heavy atom. The highest BCUT2D eigenvalue weighted by Crippen LogP contribution is 2.34. The van der Waals surface area contributed by atoms with Crippen molar-refractivity contribution in [3.05, 3.63) is 40.9 Å². The van der Waals surface area contributed by atoms with E-state index < -0.39 is 10.0 Å². The molecule has 120 valence electrons. The molecule has 0 saturated carbocycles. The second-order valence-corrected chi connectivity index (χ2v) is 7.32. The van der Waals surface area contributed by atoms with Gasteiger partial charge in [-0.15, -0.1) is 0 Å². The summed E-state index contributed by atoms with van der Waals surface area (Å²) in [5.74, 6) is 0.699. The largest absolute Gasteiger partial charge is 0.493 e. The van der Waals surface area contributed by atoms with Crippen LogP contribution in [0.15, 0.2) is 45.8 Å². The van der Waals surface area contributed by atoms with E-state index in [1.807, 2.05) is 19.1 Å². The summed E-state index contributed by atoms with van der Waals surface area (Å²) >= 11 is 3.45. The lowest BCUT2D eigenvalue weighted by Crippen LogP contribution is -2.11. The van der Waals surface area contributed by atoms with Crippen LogP contribution in [0.4, 0.5) is 0 Å². The fraction of sp³-hybridized carbons (Fsp3) is 0.133. The molecule has 23 heavy (non-hydrogen) atoms. The van der Waals surface area contributed by atoms with Crippen LogP contribution in [0.2, 0.25) is 0 Å². The number of rotatable bonds is 4. The number of primary sulfonamides is 1. The number of fused-ring (bicyclic) bond motifs is 1. The Bertz CT molecular complexity index is 983. The van der Waals surface area contributed by atoms with Gasteiger partial charge in [0.1, 0.15) is 11.4 Å². The van der Waals surface area contributed by atoms with E-state index in [1.54, 1.807) is 12.1 Å². The first kappa shape index (κ1) is 16.0. The van der Waals surface area contributed by atoms with Crippen molar-refractivity contribution in [2.45, 2.75) is 11.8 Å². The maximum absolute atomic E-state index is 11.5. The third-order valence-corrected chi connectivity index (χ3v) is 4.88. The van der Waals surface area contributed by atoms with Gasteiger partial charge in [0, 0.05) is 10.9 Å². The van der Waals surface area contributed by atoms with Crippen molar-refractivity contribution in [3.8, 4) is 17.0 Å². The number of nitrogens with zero attached hydrogens (tertiary/aromatic N) is 1. The summed E-state index contributed by atoms with van der Waals surface area (Å²) in [4.78, 5) is 0.0493. The lowest BCUT2D eigenvalue weighted by molar-refractivity contribution is 0.338. The number of hydrogen-bond donors (Lipinski definition) is 2. The fourth-order valence-corrected chi connectivity index (χ4v) is 3.34. The van der Waals surface area contributed by atoms with Crippen molar-refractivity contribution in [1.29, 1.82) is 0 Å². The molecule has 0 aliphatic rings. The number of sulfonamides is 1. The van der Waals surface area contributed by atoms with Gasteiger partial charge in [0.2, 0.25) is 10.0 Å². The van der Waals surface area contributed by atoms with Gasteiger partial charge >= 0.3 is 0 Å². The maximum atomic E-state index is 11.5. The number of H-pyrrole nitrogens is 1. The summed E-state index contributed by atoms with van der Waals surface area (Å²) in [5, 5.41) is 13.3. The van der Waals surface area contributed by atoms with Crippen LogP contribution in [0.1, 0.15) is 6.92 Å². The molecule has 0 spiro atoms. The molecule has 2 aromatic carbocycles. The average Bonchev–Trinajstić information content (AvgIpc) is 2.90. The molecule has 0 aliphatic heterocycles. The number of ether oxygens (including phenoxy) is 1. The average molecular weight is 396 g/mol. The topological polar surface area (TPSA) is 98.1 Å². The third kappa shape index (κ3) is 3.10. The molecule has 0 unspecified atom stereocenters. The molecule has 0 bridgehead atoms. The first-order chi connectivity index (χ1) is 10.9. The second kappa shape index (κ2) is 5.95. The van der Waals surface area contributed by atoms with Crippen LogP contribution in [-0.4, -0.2) is 25.2 Å². The molecule has 3 rings (SSSR count). The molecule has 1 heterocycles. The number of aromatic amines is 1. The van der Waals surface area contributed by atoms with Gasteiger partial charge in [-0.2, -0.15) is 5.10 Å². The van der Waals surface area contributed by atoms with Gasteiger partial charge in [-0.25, -0.2) is 13.6 Å². The Labute approximate surface area is 141 Å². The van der Waals surface area contributed by atoms with Crippen molar-refractivity contribution in [3.63, 3.8) is 0 Å². The van der Waals surface area contributed by atoms with E-state index in [4.69, 9.17) is 9.88 Å². The number of aromatic nitrogens is 2. The highest BCUT2D eigenvalue weighted by Gasteiger charge is 2.14. The van der Waals surface area contributed by atoms with Crippen molar-refractivity contribution in [2.24, 2.45) is 5.14 Å². The van der Waals surface area contributed by atoms with Crippen molar-refractivity contribution in [2.75, 3.05) is 6.61 Å². The van der Waals surface area contributed by atoms with E-state index in [0.29, 0.717) is 23.6 Å². The Kier molecular flexibility index (Phi) is 4.13. The zero-order valence-electron chi connectivity index (χ0n) is 12.2. The van der Waals surface area contributed by atoms with Gasteiger partial charge in [-0.3, -0.25) is 5.10 Å². The van der Waals surface area contributed by atoms with E-state index in [-0.39, 0.29) is 4.90 Å². The molecule has 0 atom stereocenters. The van der Waals surface area contributed by atoms with Gasteiger partial charge in [0.15, 0.2) is 0 Å². The molecule has 0 fully saturated rings. The van der Waals surface area contributed by atoms with Crippen LogP contribution in [0.5, 0.6) is 5.75 Å². The van der Waals surface area contributed by atoms with E-state index in [2.05, 4.69) is 26.1 Å². The van der Waals surface area contributed by atoms with Crippen LogP contribution in [0, 0.1) is 0 Å². The molecule has 0 radical (unpaired) electrons. The molecule has 6 nitrogen and oxygen atoms in total. The third-order valence-electron chi connectivity index (χ3n) is 3.35. The van der Waals surface area contributed by atoms with Gasteiger partial charge in [0.25, 0.3) is 0 Å². The van der Waals surface area contributed by atoms with Crippen molar-refractivity contribution >= 4 is 36.9 Å². The standard InChI is InChI=1S/C15H14BrN3O3S/c1-2-22-14-7-11-13(8-12(14)16)18-19-15(11)9-4-3-5-10(6-9)23(17,20)21/h3-8H,2H2,1H3,(H,18,19)(H2,17,20,21). The van der Waals surface area contributed by atoms with Crippen LogP contribution in [0.25, 0.3) is 22.2 Å². The summed E-state index contributed by atoms with van der Waals surface area (Å²) in [6.07, 6.45) is 0. The number of nitrogens with one attached hydrogen (secondary N) is 1. The van der Waals surface area contributed by atoms with E-state index in [0.717, 1.165) is 15.4 Å². The molecule has 8 heteroatoms. The number of halogens is 1. The fourth-order valence-electron chi connectivity index (χ4n) is 2.32.